The van der Waals surface area contributed by atoms with Crippen molar-refractivity contribution in [1.29, 1.82) is 0 Å². The molecule has 1 aliphatic heterocycles. The zero-order chi connectivity index (χ0) is 14.3. The van der Waals surface area contributed by atoms with Gasteiger partial charge in [0, 0.05) is 26.9 Å². The molecule has 1 unspecified atom stereocenters. The predicted molar refractivity (Wildman–Crippen MR) is 68.0 cm³/mol. The fourth-order valence-corrected chi connectivity index (χ4v) is 1.89. The first kappa shape index (κ1) is 15.7. The van der Waals surface area contributed by atoms with Crippen LogP contribution in [0.3, 0.4) is 0 Å². The van der Waals surface area contributed by atoms with Crippen molar-refractivity contribution < 1.29 is 24.2 Å². The van der Waals surface area contributed by atoms with E-state index in [0.29, 0.717) is 19.8 Å². The lowest BCUT2D eigenvalue weighted by Crippen LogP contribution is -2.50. The van der Waals surface area contributed by atoms with Crippen LogP contribution in [0.1, 0.15) is 19.8 Å². The van der Waals surface area contributed by atoms with Crippen molar-refractivity contribution >= 4 is 12.0 Å². The van der Waals surface area contributed by atoms with Crippen LogP contribution < -0.4 is 10.6 Å². The first-order chi connectivity index (χ1) is 8.97. The Kier molecular flexibility index (Phi) is 6.04. The number of hydrogen-bond donors (Lipinski definition) is 3. The largest absolute Gasteiger partial charge is 0.480 e. The molecule has 0 aliphatic carbocycles. The summed E-state index contributed by atoms with van der Waals surface area (Å²) in [6, 6.07) is -1.52. The molecule has 1 rings (SSSR count). The normalized spacial score (nSPS) is 19.5. The van der Waals surface area contributed by atoms with Gasteiger partial charge in [0.25, 0.3) is 0 Å². The summed E-state index contributed by atoms with van der Waals surface area (Å²) in [4.78, 5) is 22.5. The lowest BCUT2D eigenvalue weighted by Gasteiger charge is -2.33. The lowest BCUT2D eigenvalue weighted by molar-refractivity contribution is -0.140. The van der Waals surface area contributed by atoms with Crippen molar-refractivity contribution in [3.05, 3.63) is 0 Å². The Morgan fingerprint density at radius 2 is 2.05 bits per heavy atom. The molecule has 0 aromatic rings. The maximum Gasteiger partial charge on any atom is 0.328 e. The van der Waals surface area contributed by atoms with E-state index in [0.717, 1.165) is 12.8 Å². The molecule has 0 aromatic heterocycles. The molecule has 1 heterocycles. The summed E-state index contributed by atoms with van der Waals surface area (Å²) in [6.07, 6.45) is 1.77. The fourth-order valence-electron chi connectivity index (χ4n) is 1.89. The molecule has 1 fully saturated rings. The highest BCUT2D eigenvalue weighted by atomic mass is 16.5. The van der Waals surface area contributed by atoms with Gasteiger partial charge >= 0.3 is 12.0 Å². The van der Waals surface area contributed by atoms with Crippen molar-refractivity contribution in [3.8, 4) is 0 Å². The van der Waals surface area contributed by atoms with E-state index in [1.807, 2.05) is 0 Å². The van der Waals surface area contributed by atoms with Crippen LogP contribution in [0.25, 0.3) is 0 Å². The molecule has 7 heteroatoms. The number of amides is 2. The summed E-state index contributed by atoms with van der Waals surface area (Å²) in [5, 5.41) is 14.0. The van der Waals surface area contributed by atoms with Crippen LogP contribution in [0.5, 0.6) is 0 Å². The lowest BCUT2D eigenvalue weighted by atomic mass is 9.82. The van der Waals surface area contributed by atoms with Crippen LogP contribution in [0.4, 0.5) is 4.79 Å². The van der Waals surface area contributed by atoms with Gasteiger partial charge in [-0.1, -0.05) is 6.92 Å². The predicted octanol–water partition coefficient (Wildman–Crippen LogP) is 0.202. The van der Waals surface area contributed by atoms with Crippen molar-refractivity contribution in [3.63, 3.8) is 0 Å². The van der Waals surface area contributed by atoms with Crippen molar-refractivity contribution in [2.45, 2.75) is 25.8 Å². The van der Waals surface area contributed by atoms with Crippen LogP contribution in [-0.2, 0) is 14.3 Å². The molecule has 1 atom stereocenters. The molecule has 0 bridgehead atoms. The summed E-state index contributed by atoms with van der Waals surface area (Å²) in [5.74, 6) is -1.12. The molecule has 19 heavy (non-hydrogen) atoms. The first-order valence-electron chi connectivity index (χ1n) is 6.31. The van der Waals surface area contributed by atoms with Crippen LogP contribution in [0, 0.1) is 5.41 Å². The number of ether oxygens (including phenoxy) is 2. The molecule has 1 aliphatic rings. The molecule has 2 amide bonds. The Morgan fingerprint density at radius 1 is 1.42 bits per heavy atom. The smallest absolute Gasteiger partial charge is 0.328 e. The van der Waals surface area contributed by atoms with Gasteiger partial charge in [-0.05, 0) is 18.3 Å². The number of carbonyl (C=O) groups excluding carboxylic acids is 1. The molecular weight excluding hydrogens is 252 g/mol. The third kappa shape index (κ3) is 5.44. The summed E-state index contributed by atoms with van der Waals surface area (Å²) in [5.41, 5.74) is 0.00949. The van der Waals surface area contributed by atoms with E-state index >= 15 is 0 Å². The van der Waals surface area contributed by atoms with Gasteiger partial charge in [-0.15, -0.1) is 0 Å². The van der Waals surface area contributed by atoms with Gasteiger partial charge in [0.2, 0.25) is 0 Å². The maximum absolute atomic E-state index is 11.6. The first-order valence-corrected chi connectivity index (χ1v) is 6.31. The third-order valence-corrected chi connectivity index (χ3v) is 3.31. The molecule has 0 saturated carbocycles. The molecular formula is C12H22N2O5. The standard InChI is InChI=1S/C12H22N2O5/c1-12(3-5-19-6-4-12)8-13-11(17)14-9(7-18-2)10(15)16/h9H,3-8H2,1-2H3,(H,15,16)(H2,13,14,17). The summed E-state index contributed by atoms with van der Waals surface area (Å²) in [7, 11) is 1.39. The van der Waals surface area contributed by atoms with Gasteiger partial charge in [0.1, 0.15) is 0 Å². The highest BCUT2D eigenvalue weighted by molar-refractivity contribution is 5.82. The highest BCUT2D eigenvalue weighted by Crippen LogP contribution is 2.28. The zero-order valence-electron chi connectivity index (χ0n) is 11.4. The minimum absolute atomic E-state index is 0.00949. The van der Waals surface area contributed by atoms with E-state index in [1.54, 1.807) is 0 Å². The van der Waals surface area contributed by atoms with E-state index in [-0.39, 0.29) is 12.0 Å². The zero-order valence-corrected chi connectivity index (χ0v) is 11.4. The maximum atomic E-state index is 11.6. The molecule has 3 N–H and O–H groups in total. The number of methoxy groups -OCH3 is 1. The van der Waals surface area contributed by atoms with Gasteiger partial charge in [-0.2, -0.15) is 0 Å². The average molecular weight is 274 g/mol. The third-order valence-electron chi connectivity index (χ3n) is 3.31. The number of carboxylic acids is 1. The second-order valence-corrected chi connectivity index (χ2v) is 5.10. The number of carbonyl (C=O) groups is 2. The van der Waals surface area contributed by atoms with E-state index < -0.39 is 18.0 Å². The van der Waals surface area contributed by atoms with E-state index in [1.165, 1.54) is 7.11 Å². The second-order valence-electron chi connectivity index (χ2n) is 5.10. The average Bonchev–Trinajstić information content (AvgIpc) is 2.37. The number of urea groups is 1. The van der Waals surface area contributed by atoms with Crippen LogP contribution >= 0.6 is 0 Å². The summed E-state index contributed by atoms with van der Waals surface area (Å²) >= 11 is 0. The Labute approximate surface area is 112 Å². The Morgan fingerprint density at radius 3 is 2.58 bits per heavy atom. The topological polar surface area (TPSA) is 96.9 Å². The highest BCUT2D eigenvalue weighted by Gasteiger charge is 2.28. The van der Waals surface area contributed by atoms with Crippen molar-refractivity contribution in [2.75, 3.05) is 33.5 Å². The van der Waals surface area contributed by atoms with Crippen LogP contribution in [0.15, 0.2) is 0 Å². The van der Waals surface area contributed by atoms with Gasteiger partial charge in [0.15, 0.2) is 6.04 Å². The number of carboxylic acid groups (broad SMARTS) is 1. The minimum atomic E-state index is -1.12. The quantitative estimate of drug-likeness (QED) is 0.643. The van der Waals surface area contributed by atoms with E-state index in [9.17, 15) is 9.59 Å². The van der Waals surface area contributed by atoms with Crippen molar-refractivity contribution in [1.82, 2.24) is 10.6 Å². The fraction of sp³-hybridized carbons (Fsp3) is 0.833. The molecule has 110 valence electrons. The number of rotatable bonds is 6. The van der Waals surface area contributed by atoms with E-state index in [2.05, 4.69) is 17.6 Å². The Bertz CT molecular complexity index is 315. The number of aliphatic carboxylic acids is 1. The molecule has 0 radical (unpaired) electrons. The van der Waals surface area contributed by atoms with Crippen LogP contribution in [-0.4, -0.2) is 56.6 Å². The molecule has 1 saturated heterocycles. The van der Waals surface area contributed by atoms with Gasteiger partial charge in [-0.25, -0.2) is 9.59 Å². The number of hydrogen-bond acceptors (Lipinski definition) is 4. The Balaban J connectivity index is 2.35. The molecule has 7 nitrogen and oxygen atoms in total. The van der Waals surface area contributed by atoms with Gasteiger partial charge in [-0.3, -0.25) is 0 Å². The SMILES string of the molecule is COCC(NC(=O)NCC1(C)CCOCC1)C(=O)O. The molecule has 0 spiro atoms. The summed E-state index contributed by atoms with van der Waals surface area (Å²) < 4.78 is 10.0. The van der Waals surface area contributed by atoms with Gasteiger partial charge in [0.05, 0.1) is 6.61 Å². The minimum Gasteiger partial charge on any atom is -0.480 e. The van der Waals surface area contributed by atoms with E-state index in [4.69, 9.17) is 14.6 Å². The number of nitrogens with one attached hydrogen (secondary N) is 2. The van der Waals surface area contributed by atoms with Gasteiger partial charge < -0.3 is 25.2 Å². The molecule has 0 aromatic carbocycles. The second kappa shape index (κ2) is 7.30. The van der Waals surface area contributed by atoms with Crippen molar-refractivity contribution in [2.24, 2.45) is 5.41 Å². The van der Waals surface area contributed by atoms with Crippen LogP contribution in [0.2, 0.25) is 0 Å². The monoisotopic (exact) mass is 274 g/mol. The summed E-state index contributed by atoms with van der Waals surface area (Å²) in [6.45, 7) is 3.91. The Hall–Kier alpha value is -1.34.